The number of benzene rings is 1. The van der Waals surface area contributed by atoms with E-state index >= 15 is 0 Å². The van der Waals surface area contributed by atoms with Crippen molar-refractivity contribution in [2.45, 2.75) is 32.8 Å². The summed E-state index contributed by atoms with van der Waals surface area (Å²) in [6, 6.07) is 9.04. The number of aromatic nitrogens is 2. The van der Waals surface area contributed by atoms with Crippen LogP contribution in [0.25, 0.3) is 5.69 Å². The first-order chi connectivity index (χ1) is 10.4. The quantitative estimate of drug-likeness (QED) is 0.861. The van der Waals surface area contributed by atoms with E-state index in [4.69, 9.17) is 0 Å². The molecule has 0 saturated heterocycles. The number of rotatable bonds is 6. The van der Waals surface area contributed by atoms with Gasteiger partial charge in [0.2, 0.25) is 0 Å². The predicted octanol–water partition coefficient (Wildman–Crippen LogP) is 2.40. The van der Waals surface area contributed by atoms with Crippen molar-refractivity contribution in [3.8, 4) is 5.69 Å². The summed E-state index contributed by atoms with van der Waals surface area (Å²) in [6.07, 6.45) is 4.41. The molecule has 2 N–H and O–H groups in total. The van der Waals surface area contributed by atoms with E-state index in [1.54, 1.807) is 29.9 Å². The van der Waals surface area contributed by atoms with Crippen LogP contribution in [0.1, 0.15) is 37.6 Å². The van der Waals surface area contributed by atoms with Gasteiger partial charge in [-0.2, -0.15) is 5.10 Å². The van der Waals surface area contributed by atoms with Crippen LogP contribution in [0, 0.1) is 5.92 Å². The lowest BCUT2D eigenvalue weighted by Crippen LogP contribution is -2.45. The number of nitrogens with zero attached hydrogens (tertiary/aromatic N) is 2. The molecule has 0 radical (unpaired) electrons. The molecule has 5 nitrogen and oxygen atoms in total. The van der Waals surface area contributed by atoms with Crippen LogP contribution in [0.15, 0.2) is 42.7 Å². The minimum atomic E-state index is -0.903. The highest BCUT2D eigenvalue weighted by Crippen LogP contribution is 2.19. The highest BCUT2D eigenvalue weighted by Gasteiger charge is 2.27. The normalized spacial score (nSPS) is 15.1. The van der Waals surface area contributed by atoms with E-state index < -0.39 is 5.60 Å². The molecule has 1 aromatic carbocycles. The Morgan fingerprint density at radius 2 is 2.09 bits per heavy atom. The van der Waals surface area contributed by atoms with Crippen molar-refractivity contribution in [2.24, 2.45) is 5.92 Å². The average Bonchev–Trinajstić information content (AvgIpc) is 3.06. The van der Waals surface area contributed by atoms with Gasteiger partial charge in [-0.15, -0.1) is 0 Å². The van der Waals surface area contributed by atoms with Crippen molar-refractivity contribution < 1.29 is 9.90 Å². The highest BCUT2D eigenvalue weighted by molar-refractivity contribution is 5.94. The molecule has 2 unspecified atom stereocenters. The molecule has 22 heavy (non-hydrogen) atoms. The molecule has 0 aliphatic rings. The van der Waals surface area contributed by atoms with Gasteiger partial charge in [0.25, 0.3) is 5.91 Å². The Labute approximate surface area is 131 Å². The third-order valence-electron chi connectivity index (χ3n) is 4.18. The smallest absolute Gasteiger partial charge is 0.251 e. The molecule has 2 atom stereocenters. The van der Waals surface area contributed by atoms with Gasteiger partial charge in [-0.3, -0.25) is 4.79 Å². The second-order valence-electron chi connectivity index (χ2n) is 5.85. The van der Waals surface area contributed by atoms with E-state index in [9.17, 15) is 9.90 Å². The van der Waals surface area contributed by atoms with Crippen LogP contribution in [0.2, 0.25) is 0 Å². The molecule has 0 saturated carbocycles. The third-order valence-corrected chi connectivity index (χ3v) is 4.18. The van der Waals surface area contributed by atoms with E-state index in [1.807, 2.05) is 38.2 Å². The largest absolute Gasteiger partial charge is 0.388 e. The Morgan fingerprint density at radius 3 is 2.64 bits per heavy atom. The lowest BCUT2D eigenvalue weighted by atomic mass is 9.88. The van der Waals surface area contributed by atoms with Crippen LogP contribution < -0.4 is 5.32 Å². The van der Waals surface area contributed by atoms with Crippen molar-refractivity contribution in [1.29, 1.82) is 0 Å². The van der Waals surface area contributed by atoms with Crippen LogP contribution >= 0.6 is 0 Å². The number of carbonyl (C=O) groups excluding carboxylic acids is 1. The van der Waals surface area contributed by atoms with Gasteiger partial charge >= 0.3 is 0 Å². The van der Waals surface area contributed by atoms with Gasteiger partial charge in [0.15, 0.2) is 0 Å². The second-order valence-corrected chi connectivity index (χ2v) is 5.85. The first-order valence-electron chi connectivity index (χ1n) is 7.54. The van der Waals surface area contributed by atoms with Crippen molar-refractivity contribution in [3.05, 3.63) is 48.3 Å². The predicted molar refractivity (Wildman–Crippen MR) is 86.0 cm³/mol. The molecule has 1 aromatic heterocycles. The molecule has 0 aliphatic heterocycles. The molecule has 5 heteroatoms. The van der Waals surface area contributed by atoms with Gasteiger partial charge in [0, 0.05) is 24.5 Å². The molecule has 2 aromatic rings. The summed E-state index contributed by atoms with van der Waals surface area (Å²) in [5, 5.41) is 17.3. The maximum absolute atomic E-state index is 12.2. The zero-order valence-corrected chi connectivity index (χ0v) is 13.3. The lowest BCUT2D eigenvalue weighted by Gasteiger charge is -2.29. The number of amides is 1. The standard InChI is InChI=1S/C17H23N3O2/c1-4-13(2)17(3,22)12-18-16(21)14-6-8-15(9-7-14)20-11-5-10-19-20/h5-11,13,22H,4,12H2,1-3H3,(H,18,21). The summed E-state index contributed by atoms with van der Waals surface area (Å²) in [6.45, 7) is 5.99. The molecule has 118 valence electrons. The molecule has 1 amide bonds. The van der Waals surface area contributed by atoms with Crippen molar-refractivity contribution in [1.82, 2.24) is 15.1 Å². The average molecular weight is 301 g/mol. The van der Waals surface area contributed by atoms with Crippen LogP contribution in [0.5, 0.6) is 0 Å². The minimum Gasteiger partial charge on any atom is -0.388 e. The number of hydrogen-bond donors (Lipinski definition) is 2. The Kier molecular flexibility index (Phi) is 4.98. The molecule has 0 bridgehead atoms. The van der Waals surface area contributed by atoms with Gasteiger partial charge in [-0.25, -0.2) is 4.68 Å². The fraction of sp³-hybridized carbons (Fsp3) is 0.412. The number of hydrogen-bond acceptors (Lipinski definition) is 3. The van der Waals surface area contributed by atoms with Gasteiger partial charge in [-0.1, -0.05) is 20.3 Å². The Bertz CT molecular complexity index is 603. The number of nitrogens with one attached hydrogen (secondary N) is 1. The lowest BCUT2D eigenvalue weighted by molar-refractivity contribution is 0.00592. The molecular formula is C17H23N3O2. The Hall–Kier alpha value is -2.14. The maximum atomic E-state index is 12.2. The van der Waals surface area contributed by atoms with E-state index in [0.29, 0.717) is 5.56 Å². The van der Waals surface area contributed by atoms with Crippen molar-refractivity contribution in [3.63, 3.8) is 0 Å². The summed E-state index contributed by atoms with van der Waals surface area (Å²) in [7, 11) is 0. The highest BCUT2D eigenvalue weighted by atomic mass is 16.3. The summed E-state index contributed by atoms with van der Waals surface area (Å²) in [4.78, 5) is 12.2. The molecule has 0 fully saturated rings. The summed E-state index contributed by atoms with van der Waals surface area (Å²) in [5.74, 6) is -0.0643. The number of carbonyl (C=O) groups is 1. The summed E-state index contributed by atoms with van der Waals surface area (Å²) < 4.78 is 1.73. The second kappa shape index (κ2) is 6.75. The van der Waals surface area contributed by atoms with Gasteiger partial charge in [-0.05, 0) is 43.2 Å². The van der Waals surface area contributed by atoms with Crippen LogP contribution in [-0.4, -0.2) is 32.9 Å². The molecule has 2 rings (SSSR count). The molecule has 1 heterocycles. The van der Waals surface area contributed by atoms with Crippen LogP contribution in [-0.2, 0) is 0 Å². The Morgan fingerprint density at radius 1 is 1.41 bits per heavy atom. The van der Waals surface area contributed by atoms with Gasteiger partial charge in [0.1, 0.15) is 0 Å². The SMILES string of the molecule is CCC(C)C(C)(O)CNC(=O)c1ccc(-n2cccn2)cc1. The molecule has 0 aliphatic carbocycles. The van der Waals surface area contributed by atoms with E-state index in [-0.39, 0.29) is 18.4 Å². The molecular weight excluding hydrogens is 278 g/mol. The topological polar surface area (TPSA) is 67.2 Å². The fourth-order valence-electron chi connectivity index (χ4n) is 2.16. The van der Waals surface area contributed by atoms with Crippen molar-refractivity contribution >= 4 is 5.91 Å². The summed E-state index contributed by atoms with van der Waals surface area (Å²) in [5.41, 5.74) is 0.559. The zero-order chi connectivity index (χ0) is 16.2. The summed E-state index contributed by atoms with van der Waals surface area (Å²) >= 11 is 0. The van der Waals surface area contributed by atoms with Gasteiger partial charge < -0.3 is 10.4 Å². The minimum absolute atomic E-state index is 0.120. The fourth-order valence-corrected chi connectivity index (χ4v) is 2.16. The Balaban J connectivity index is 1.99. The van der Waals surface area contributed by atoms with Crippen molar-refractivity contribution in [2.75, 3.05) is 6.54 Å². The van der Waals surface area contributed by atoms with Crippen LogP contribution in [0.4, 0.5) is 0 Å². The number of aliphatic hydroxyl groups is 1. The van der Waals surface area contributed by atoms with E-state index in [0.717, 1.165) is 12.1 Å². The molecule has 0 spiro atoms. The van der Waals surface area contributed by atoms with E-state index in [2.05, 4.69) is 10.4 Å². The first-order valence-corrected chi connectivity index (χ1v) is 7.54. The third kappa shape index (κ3) is 3.74. The van der Waals surface area contributed by atoms with Crippen LogP contribution in [0.3, 0.4) is 0 Å². The monoisotopic (exact) mass is 301 g/mol. The zero-order valence-electron chi connectivity index (χ0n) is 13.3. The van der Waals surface area contributed by atoms with E-state index in [1.165, 1.54) is 0 Å². The maximum Gasteiger partial charge on any atom is 0.251 e. The van der Waals surface area contributed by atoms with Gasteiger partial charge in [0.05, 0.1) is 11.3 Å². The first kappa shape index (κ1) is 16.2.